The molecule has 6 rings (SSSR count). The average molecular weight is 572 g/mol. The van der Waals surface area contributed by atoms with Crippen LogP contribution in [0.3, 0.4) is 0 Å². The number of carbonyl (C=O) groups excluding carboxylic acids is 1. The third kappa shape index (κ3) is 5.38. The molecule has 0 bridgehead atoms. The summed E-state index contributed by atoms with van der Waals surface area (Å²) in [6, 6.07) is 15.5. The molecule has 8 nitrogen and oxygen atoms in total. The number of nitrogens with zero attached hydrogens (tertiary/aromatic N) is 4. The van der Waals surface area contributed by atoms with Gasteiger partial charge < -0.3 is 10.2 Å². The first kappa shape index (κ1) is 26.5. The van der Waals surface area contributed by atoms with E-state index in [1.54, 1.807) is 48.7 Å². The predicted molar refractivity (Wildman–Crippen MR) is 154 cm³/mol. The lowest BCUT2D eigenvalue weighted by atomic mass is 9.95. The largest absolute Gasteiger partial charge is 0.343 e. The van der Waals surface area contributed by atoms with Crippen molar-refractivity contribution < 1.29 is 13.6 Å². The summed E-state index contributed by atoms with van der Waals surface area (Å²) >= 11 is 6.30. The van der Waals surface area contributed by atoms with E-state index in [2.05, 4.69) is 20.6 Å². The Morgan fingerprint density at radius 2 is 1.73 bits per heavy atom. The molecule has 41 heavy (non-hydrogen) atoms. The van der Waals surface area contributed by atoms with Crippen molar-refractivity contribution in [3.63, 3.8) is 0 Å². The molecular weight excluding hydrogens is 548 g/mol. The van der Waals surface area contributed by atoms with Crippen LogP contribution < -0.4 is 10.6 Å². The Hall–Kier alpha value is -4.70. The Kier molecular flexibility index (Phi) is 7.15. The molecule has 1 aromatic heterocycles. The van der Waals surface area contributed by atoms with Gasteiger partial charge in [0.2, 0.25) is 5.95 Å². The minimum Gasteiger partial charge on any atom is -0.343 e. The lowest BCUT2D eigenvalue weighted by molar-refractivity contribution is 0.0972. The Morgan fingerprint density at radius 3 is 2.51 bits per heavy atom. The highest BCUT2D eigenvalue weighted by Gasteiger charge is 2.25. The van der Waals surface area contributed by atoms with Crippen LogP contribution in [0, 0.1) is 17.0 Å². The third-order valence-corrected chi connectivity index (χ3v) is 7.23. The van der Waals surface area contributed by atoms with Crippen molar-refractivity contribution in [1.29, 1.82) is 5.41 Å². The Morgan fingerprint density at radius 1 is 0.976 bits per heavy atom. The van der Waals surface area contributed by atoms with Gasteiger partial charge in [-0.2, -0.15) is 0 Å². The molecule has 2 aliphatic rings. The van der Waals surface area contributed by atoms with Crippen molar-refractivity contribution in [2.45, 2.75) is 19.4 Å². The zero-order chi connectivity index (χ0) is 28.5. The highest BCUT2D eigenvalue weighted by Crippen LogP contribution is 2.34. The predicted octanol–water partition coefficient (Wildman–Crippen LogP) is 5.93. The summed E-state index contributed by atoms with van der Waals surface area (Å²) in [6.45, 7) is 1.62. The van der Waals surface area contributed by atoms with E-state index < -0.39 is 11.6 Å². The van der Waals surface area contributed by atoms with Gasteiger partial charge in [-0.3, -0.25) is 20.5 Å². The smallest absolute Gasteiger partial charge is 0.258 e. The van der Waals surface area contributed by atoms with E-state index >= 15 is 0 Å². The molecule has 206 valence electrons. The molecule has 1 amide bonds. The Balaban J connectivity index is 1.30. The molecule has 0 aliphatic carbocycles. The normalized spacial score (nSPS) is 14.0. The maximum atomic E-state index is 14.8. The van der Waals surface area contributed by atoms with Crippen LogP contribution in [0.1, 0.15) is 39.9 Å². The fraction of sp³-hybridized carbons (Fsp3) is 0.167. The number of nitrogens with one attached hydrogen (secondary N) is 3. The van der Waals surface area contributed by atoms with Crippen LogP contribution >= 0.6 is 11.6 Å². The maximum Gasteiger partial charge on any atom is 0.258 e. The number of benzene rings is 3. The first-order valence-corrected chi connectivity index (χ1v) is 13.4. The van der Waals surface area contributed by atoms with Gasteiger partial charge >= 0.3 is 0 Å². The molecule has 3 heterocycles. The Bertz CT molecular complexity index is 1700. The van der Waals surface area contributed by atoms with Gasteiger partial charge in [-0.15, -0.1) is 0 Å². The van der Waals surface area contributed by atoms with E-state index in [1.165, 1.54) is 18.2 Å². The van der Waals surface area contributed by atoms with E-state index in [9.17, 15) is 13.6 Å². The molecule has 0 unspecified atom stereocenters. The molecule has 0 radical (unpaired) electrons. The molecule has 3 N–H and O–H groups in total. The van der Waals surface area contributed by atoms with Crippen molar-refractivity contribution in [3.05, 3.63) is 106 Å². The fourth-order valence-electron chi connectivity index (χ4n) is 4.99. The molecule has 1 saturated heterocycles. The first-order valence-electron chi connectivity index (χ1n) is 13.0. The number of fused-ring (bicyclic) bond motifs is 3. The number of rotatable bonds is 4. The maximum absolute atomic E-state index is 14.8. The van der Waals surface area contributed by atoms with Crippen molar-refractivity contribution in [1.82, 2.24) is 20.2 Å². The van der Waals surface area contributed by atoms with Gasteiger partial charge in [0, 0.05) is 52.3 Å². The van der Waals surface area contributed by atoms with E-state index in [0.29, 0.717) is 38.7 Å². The fourth-order valence-corrected chi connectivity index (χ4v) is 5.16. The number of anilines is 2. The molecule has 0 spiro atoms. The van der Waals surface area contributed by atoms with Crippen LogP contribution in [-0.4, -0.2) is 45.5 Å². The van der Waals surface area contributed by atoms with Gasteiger partial charge in [-0.05, 0) is 55.3 Å². The average Bonchev–Trinajstić information content (AvgIpc) is 3.46. The molecule has 3 aromatic carbocycles. The number of hydrogen-bond donors (Lipinski definition) is 3. The van der Waals surface area contributed by atoms with E-state index in [0.717, 1.165) is 25.9 Å². The first-order chi connectivity index (χ1) is 19.9. The summed E-state index contributed by atoms with van der Waals surface area (Å²) < 4.78 is 29.6. The summed E-state index contributed by atoms with van der Waals surface area (Å²) in [5, 5.41) is 14.3. The quantitative estimate of drug-likeness (QED) is 0.208. The highest BCUT2D eigenvalue weighted by atomic mass is 35.5. The van der Waals surface area contributed by atoms with Crippen molar-refractivity contribution in [2.24, 2.45) is 4.99 Å². The van der Waals surface area contributed by atoms with Gasteiger partial charge in [0.05, 0.1) is 23.5 Å². The summed E-state index contributed by atoms with van der Waals surface area (Å²) in [6.07, 6.45) is 3.62. The topological polar surface area (TPSA) is 106 Å². The number of hydrogen-bond acceptors (Lipinski definition) is 6. The van der Waals surface area contributed by atoms with Crippen molar-refractivity contribution in [3.8, 4) is 11.3 Å². The molecule has 2 aliphatic heterocycles. The highest BCUT2D eigenvalue weighted by molar-refractivity contribution is 6.31. The van der Waals surface area contributed by atoms with Gasteiger partial charge in [-0.25, -0.2) is 18.7 Å². The number of aromatic nitrogens is 2. The van der Waals surface area contributed by atoms with Crippen LogP contribution in [-0.2, 0) is 6.54 Å². The summed E-state index contributed by atoms with van der Waals surface area (Å²) in [5.41, 5.74) is 3.11. The molecular formula is C30H24ClF2N7O. The van der Waals surface area contributed by atoms with Crippen LogP contribution in [0.4, 0.5) is 20.4 Å². The van der Waals surface area contributed by atoms with E-state index in [4.69, 9.17) is 22.0 Å². The van der Waals surface area contributed by atoms with Gasteiger partial charge in [0.15, 0.2) is 5.96 Å². The van der Waals surface area contributed by atoms with E-state index in [1.807, 2.05) is 4.90 Å². The molecule has 0 atom stereocenters. The van der Waals surface area contributed by atoms with Crippen molar-refractivity contribution >= 4 is 40.8 Å². The van der Waals surface area contributed by atoms with Crippen LogP contribution in [0.5, 0.6) is 0 Å². The van der Waals surface area contributed by atoms with Crippen LogP contribution in [0.2, 0.25) is 5.02 Å². The minimum atomic E-state index is -0.728. The number of carbonyl (C=O) groups is 1. The molecule has 0 saturated carbocycles. The number of likely N-dealkylation sites (tertiary alicyclic amines) is 1. The number of guanidine groups is 1. The standard InChI is InChI=1S/C30H24ClF2N7O/c31-19-9-10-21-22(14-19)27(25-23(32)7-4-8-24(25)33)35-15-18-16-36-30(38-26(18)21)37-20-6-3-5-17(13-20)28(41)39-29(34)40-11-1-2-12-40/h3-10,13-14,16H,1-2,11-12,15H2,(H2,34,39,41)(H,36,37,38). The minimum absolute atomic E-state index is 0.0931. The SMILES string of the molecule is N=C(NC(=O)c1cccc(Nc2ncc3c(n2)-c2ccc(Cl)cc2C(c2c(F)cccc2F)=NC3)c1)N1CCCC1. The summed E-state index contributed by atoms with van der Waals surface area (Å²) in [7, 11) is 0. The third-order valence-electron chi connectivity index (χ3n) is 7.00. The van der Waals surface area contributed by atoms with E-state index in [-0.39, 0.29) is 35.6 Å². The zero-order valence-corrected chi connectivity index (χ0v) is 22.5. The monoisotopic (exact) mass is 571 g/mol. The second kappa shape index (κ2) is 11.1. The molecule has 4 aromatic rings. The lowest BCUT2D eigenvalue weighted by Crippen LogP contribution is -2.41. The second-order valence-corrected chi connectivity index (χ2v) is 10.2. The number of aliphatic imine (C=N–C) groups is 1. The van der Waals surface area contributed by atoms with Gasteiger partial charge in [0.25, 0.3) is 5.91 Å². The Labute approximate surface area is 239 Å². The summed E-state index contributed by atoms with van der Waals surface area (Å²) in [4.78, 5) is 28.3. The number of amides is 1. The van der Waals surface area contributed by atoms with Crippen LogP contribution in [0.25, 0.3) is 11.3 Å². The number of halogens is 3. The van der Waals surface area contributed by atoms with Crippen LogP contribution in [0.15, 0.2) is 71.9 Å². The zero-order valence-electron chi connectivity index (χ0n) is 21.7. The molecule has 11 heteroatoms. The van der Waals surface area contributed by atoms with Gasteiger partial charge in [-0.1, -0.05) is 29.8 Å². The summed E-state index contributed by atoms with van der Waals surface area (Å²) in [5.74, 6) is -1.49. The second-order valence-electron chi connectivity index (χ2n) is 9.72. The van der Waals surface area contributed by atoms with Crippen molar-refractivity contribution in [2.75, 3.05) is 18.4 Å². The van der Waals surface area contributed by atoms with Gasteiger partial charge in [0.1, 0.15) is 11.6 Å². The lowest BCUT2D eigenvalue weighted by Gasteiger charge is -2.18. The molecule has 1 fully saturated rings.